The number of rotatable bonds is 9. The first kappa shape index (κ1) is 27.2. The standard InChI is InChI=1S/C26H26BrF3N4O2S/c27-23-12-11-20(26(28,29)30)15-24(23)37(35,36)33-21(13-18-7-3-1-4-8-18)17-34-22(16-32-25(34)31)14-19-9-5-2-6-10-19/h1-12,15,21-22,33H,13-14,16-17H2,(H2,31,32)/t21-,22-/m0/s1. The van der Waals surface area contributed by atoms with Crippen molar-refractivity contribution < 1.29 is 21.6 Å². The number of aliphatic imine (C=N–C) groups is 1. The van der Waals surface area contributed by atoms with Gasteiger partial charge in [-0.1, -0.05) is 60.7 Å². The molecule has 0 saturated heterocycles. The average molecular weight is 595 g/mol. The van der Waals surface area contributed by atoms with E-state index in [2.05, 4.69) is 25.6 Å². The third kappa shape index (κ3) is 6.91. The van der Waals surface area contributed by atoms with Gasteiger partial charge in [-0.25, -0.2) is 13.1 Å². The highest BCUT2D eigenvalue weighted by molar-refractivity contribution is 9.10. The first-order valence-corrected chi connectivity index (χ1v) is 13.8. The molecule has 3 N–H and O–H groups in total. The normalized spacial score (nSPS) is 17.0. The second-order valence-corrected chi connectivity index (χ2v) is 11.4. The summed E-state index contributed by atoms with van der Waals surface area (Å²) < 4.78 is 69.3. The quantitative estimate of drug-likeness (QED) is 0.379. The highest BCUT2D eigenvalue weighted by atomic mass is 79.9. The lowest BCUT2D eigenvalue weighted by molar-refractivity contribution is -0.137. The van der Waals surface area contributed by atoms with E-state index in [9.17, 15) is 21.6 Å². The maximum absolute atomic E-state index is 13.4. The molecule has 0 spiro atoms. The van der Waals surface area contributed by atoms with Crippen molar-refractivity contribution in [1.82, 2.24) is 9.62 Å². The third-order valence-electron chi connectivity index (χ3n) is 6.13. The number of nitrogens with two attached hydrogens (primary N) is 1. The molecule has 1 heterocycles. The van der Waals surface area contributed by atoms with E-state index in [1.807, 2.05) is 65.6 Å². The lowest BCUT2D eigenvalue weighted by atomic mass is 10.0. The largest absolute Gasteiger partial charge is 0.416 e. The van der Waals surface area contributed by atoms with Crippen molar-refractivity contribution in [1.29, 1.82) is 0 Å². The molecule has 37 heavy (non-hydrogen) atoms. The van der Waals surface area contributed by atoms with Crippen LogP contribution in [-0.4, -0.2) is 44.5 Å². The van der Waals surface area contributed by atoms with Crippen molar-refractivity contribution >= 4 is 31.9 Å². The average Bonchev–Trinajstić information content (AvgIpc) is 3.18. The van der Waals surface area contributed by atoms with Crippen LogP contribution in [0.5, 0.6) is 0 Å². The van der Waals surface area contributed by atoms with E-state index < -0.39 is 32.7 Å². The van der Waals surface area contributed by atoms with Gasteiger partial charge in [-0.05, 0) is 58.1 Å². The number of guanidine groups is 1. The predicted molar refractivity (Wildman–Crippen MR) is 141 cm³/mol. The Morgan fingerprint density at radius 1 is 1.03 bits per heavy atom. The van der Waals surface area contributed by atoms with Crippen molar-refractivity contribution in [3.05, 3.63) is 100 Å². The third-order valence-corrected chi connectivity index (χ3v) is 8.64. The van der Waals surface area contributed by atoms with E-state index in [0.717, 1.165) is 23.3 Å². The number of hydrogen-bond donors (Lipinski definition) is 2. The zero-order valence-corrected chi connectivity index (χ0v) is 22.1. The van der Waals surface area contributed by atoms with Crippen LogP contribution in [0, 0.1) is 0 Å². The maximum atomic E-state index is 13.4. The van der Waals surface area contributed by atoms with Gasteiger partial charge in [0.2, 0.25) is 10.0 Å². The Hall–Kier alpha value is -2.89. The van der Waals surface area contributed by atoms with Crippen molar-refractivity contribution in [3.63, 3.8) is 0 Å². The molecule has 0 unspecified atom stereocenters. The van der Waals surface area contributed by atoms with E-state index >= 15 is 0 Å². The van der Waals surface area contributed by atoms with E-state index in [1.165, 1.54) is 0 Å². The van der Waals surface area contributed by atoms with Gasteiger partial charge in [0.1, 0.15) is 0 Å². The van der Waals surface area contributed by atoms with Crippen LogP contribution in [-0.2, 0) is 29.0 Å². The molecule has 0 saturated carbocycles. The van der Waals surface area contributed by atoms with Crippen LogP contribution in [0.2, 0.25) is 0 Å². The molecule has 1 aliphatic heterocycles. The Balaban J connectivity index is 1.62. The van der Waals surface area contributed by atoms with Crippen LogP contribution in [0.25, 0.3) is 0 Å². The molecule has 6 nitrogen and oxygen atoms in total. The molecule has 196 valence electrons. The van der Waals surface area contributed by atoms with Gasteiger partial charge < -0.3 is 10.6 Å². The Labute approximate surface area is 222 Å². The molecular formula is C26H26BrF3N4O2S. The number of nitrogens with one attached hydrogen (secondary N) is 1. The molecule has 0 aromatic heterocycles. The van der Waals surface area contributed by atoms with E-state index in [4.69, 9.17) is 5.73 Å². The van der Waals surface area contributed by atoms with Crippen LogP contribution in [0.4, 0.5) is 13.2 Å². The number of halogens is 4. The number of alkyl halides is 3. The maximum Gasteiger partial charge on any atom is 0.416 e. The van der Waals surface area contributed by atoms with Crippen molar-refractivity contribution in [2.75, 3.05) is 13.1 Å². The second kappa shape index (κ2) is 11.2. The van der Waals surface area contributed by atoms with Gasteiger partial charge in [0.05, 0.1) is 23.0 Å². The first-order valence-electron chi connectivity index (χ1n) is 11.6. The number of nitrogens with zero attached hydrogens (tertiary/aromatic N) is 2. The summed E-state index contributed by atoms with van der Waals surface area (Å²) >= 11 is 3.10. The van der Waals surface area contributed by atoms with E-state index in [0.29, 0.717) is 31.4 Å². The fourth-order valence-corrected chi connectivity index (χ4v) is 6.54. The summed E-state index contributed by atoms with van der Waals surface area (Å²) in [7, 11) is -4.33. The molecule has 0 fully saturated rings. The Kier molecular flexibility index (Phi) is 8.25. The van der Waals surface area contributed by atoms with Crippen LogP contribution < -0.4 is 10.5 Å². The van der Waals surface area contributed by atoms with Crippen LogP contribution >= 0.6 is 15.9 Å². The minimum absolute atomic E-state index is 0.0377. The molecule has 0 amide bonds. The zero-order chi connectivity index (χ0) is 26.6. The van der Waals surface area contributed by atoms with Crippen LogP contribution in [0.15, 0.2) is 93.2 Å². The minimum Gasteiger partial charge on any atom is -0.370 e. The molecule has 0 aliphatic carbocycles. The summed E-state index contributed by atoms with van der Waals surface area (Å²) in [5.74, 6) is 0.304. The molecule has 3 aromatic carbocycles. The van der Waals surface area contributed by atoms with Crippen molar-refractivity contribution in [2.24, 2.45) is 10.7 Å². The fourth-order valence-electron chi connectivity index (χ4n) is 4.33. The Bertz CT molecular complexity index is 1350. The highest BCUT2D eigenvalue weighted by Gasteiger charge is 2.34. The van der Waals surface area contributed by atoms with Gasteiger partial charge >= 0.3 is 6.18 Å². The lowest BCUT2D eigenvalue weighted by Gasteiger charge is -2.31. The Morgan fingerprint density at radius 3 is 2.27 bits per heavy atom. The monoisotopic (exact) mass is 594 g/mol. The number of benzene rings is 3. The molecule has 2 atom stereocenters. The summed E-state index contributed by atoms with van der Waals surface area (Å²) in [6.07, 6.45) is -3.72. The van der Waals surface area contributed by atoms with Gasteiger partial charge in [0, 0.05) is 17.1 Å². The molecule has 0 bridgehead atoms. The highest BCUT2D eigenvalue weighted by Crippen LogP contribution is 2.33. The summed E-state index contributed by atoms with van der Waals surface area (Å²) in [5.41, 5.74) is 7.11. The smallest absolute Gasteiger partial charge is 0.370 e. The van der Waals surface area contributed by atoms with Gasteiger partial charge in [-0.3, -0.25) is 4.99 Å². The van der Waals surface area contributed by atoms with E-state index in [-0.39, 0.29) is 17.1 Å². The number of sulfonamides is 1. The summed E-state index contributed by atoms with van der Waals surface area (Å²) in [4.78, 5) is 5.76. The topological polar surface area (TPSA) is 87.8 Å². The molecule has 0 radical (unpaired) electrons. The lowest BCUT2D eigenvalue weighted by Crippen LogP contribution is -2.51. The predicted octanol–water partition coefficient (Wildman–Crippen LogP) is 4.60. The number of hydrogen-bond acceptors (Lipinski definition) is 5. The van der Waals surface area contributed by atoms with Gasteiger partial charge in [-0.2, -0.15) is 13.2 Å². The van der Waals surface area contributed by atoms with Gasteiger partial charge in [0.25, 0.3) is 0 Å². The van der Waals surface area contributed by atoms with Gasteiger partial charge in [0.15, 0.2) is 5.96 Å². The second-order valence-electron chi connectivity index (χ2n) is 8.85. The molecule has 4 rings (SSSR count). The minimum atomic E-state index is -4.68. The van der Waals surface area contributed by atoms with Crippen molar-refractivity contribution in [2.45, 2.75) is 36.0 Å². The SMILES string of the molecule is NC1=NC[C@H](Cc2ccccc2)N1C[C@H](Cc1ccccc1)NS(=O)(=O)c1cc(C(F)(F)F)ccc1Br. The summed E-state index contributed by atoms with van der Waals surface area (Å²) in [6, 6.07) is 20.9. The molecule has 11 heteroatoms. The van der Waals surface area contributed by atoms with Crippen molar-refractivity contribution in [3.8, 4) is 0 Å². The van der Waals surface area contributed by atoms with Gasteiger partial charge in [-0.15, -0.1) is 0 Å². The van der Waals surface area contributed by atoms with Crippen LogP contribution in [0.1, 0.15) is 16.7 Å². The summed E-state index contributed by atoms with van der Waals surface area (Å²) in [6.45, 7) is 0.655. The zero-order valence-electron chi connectivity index (χ0n) is 19.7. The Morgan fingerprint density at radius 2 is 1.65 bits per heavy atom. The summed E-state index contributed by atoms with van der Waals surface area (Å²) in [5, 5.41) is 0. The molecule has 1 aliphatic rings. The molecule has 3 aromatic rings. The fraction of sp³-hybridized carbons (Fsp3) is 0.269. The molecular weight excluding hydrogens is 569 g/mol. The first-order chi connectivity index (χ1) is 17.5. The van der Waals surface area contributed by atoms with E-state index in [1.54, 1.807) is 0 Å². The van der Waals surface area contributed by atoms with Crippen LogP contribution in [0.3, 0.4) is 0 Å².